The molecule has 1 heterocycles. The van der Waals surface area contributed by atoms with Crippen LogP contribution in [0.1, 0.15) is 30.5 Å². The van der Waals surface area contributed by atoms with Crippen LogP contribution in [0.5, 0.6) is 11.5 Å². The van der Waals surface area contributed by atoms with Gasteiger partial charge in [0.05, 0.1) is 30.7 Å². The molecule has 0 bridgehead atoms. The predicted molar refractivity (Wildman–Crippen MR) is 98.3 cm³/mol. The second kappa shape index (κ2) is 8.13. The summed E-state index contributed by atoms with van der Waals surface area (Å²) in [6, 6.07) is 5.98. The lowest BCUT2D eigenvalue weighted by Crippen LogP contribution is -2.31. The molecule has 1 aliphatic rings. The van der Waals surface area contributed by atoms with Crippen LogP contribution in [0.15, 0.2) is 30.3 Å². The molecule has 0 radical (unpaired) electrons. The summed E-state index contributed by atoms with van der Waals surface area (Å²) in [6.45, 7) is 2.68. The summed E-state index contributed by atoms with van der Waals surface area (Å²) in [5.74, 6) is -0.365. The number of hydrogen-bond donors (Lipinski definition) is 0. The van der Waals surface area contributed by atoms with Crippen molar-refractivity contribution in [3.63, 3.8) is 0 Å². The van der Waals surface area contributed by atoms with Gasteiger partial charge in [-0.1, -0.05) is 11.6 Å². The largest absolute Gasteiger partial charge is 0.489 e. The average molecular weight is 396 g/mol. The van der Waals surface area contributed by atoms with E-state index in [1.807, 2.05) is 0 Å². The number of benzene rings is 2. The molecule has 2 aromatic carbocycles. The van der Waals surface area contributed by atoms with Crippen molar-refractivity contribution in [2.75, 3.05) is 20.3 Å². The lowest BCUT2D eigenvalue weighted by Gasteiger charge is -2.26. The highest BCUT2D eigenvalue weighted by atomic mass is 35.5. The van der Waals surface area contributed by atoms with Crippen molar-refractivity contribution in [2.45, 2.75) is 25.8 Å². The molecule has 0 aliphatic carbocycles. The zero-order chi connectivity index (χ0) is 19.6. The fourth-order valence-electron chi connectivity index (χ4n) is 2.94. The second-order valence-corrected chi connectivity index (χ2v) is 6.89. The summed E-state index contributed by atoms with van der Waals surface area (Å²) in [4.78, 5) is 14.0. The van der Waals surface area contributed by atoms with Crippen LogP contribution in [-0.2, 0) is 11.2 Å². The third-order valence-corrected chi connectivity index (χ3v) is 4.88. The van der Waals surface area contributed by atoms with Crippen LogP contribution < -0.4 is 9.47 Å². The third-order valence-electron chi connectivity index (χ3n) is 4.60. The van der Waals surface area contributed by atoms with E-state index in [9.17, 15) is 13.6 Å². The normalized spacial score (nSPS) is 14.4. The number of ether oxygens (including phenoxy) is 2. The first-order valence-electron chi connectivity index (χ1n) is 8.65. The molecule has 1 aliphatic heterocycles. The Hall–Kier alpha value is -2.34. The van der Waals surface area contributed by atoms with Gasteiger partial charge in [-0.15, -0.1) is 0 Å². The van der Waals surface area contributed by atoms with E-state index in [-0.39, 0.29) is 17.9 Å². The molecule has 144 valence electrons. The Kier molecular flexibility index (Phi) is 5.85. The molecule has 7 heteroatoms. The number of halogens is 3. The molecule has 0 aromatic heterocycles. The van der Waals surface area contributed by atoms with Gasteiger partial charge in [0.25, 0.3) is 0 Å². The zero-order valence-electron chi connectivity index (χ0n) is 15.1. The van der Waals surface area contributed by atoms with E-state index >= 15 is 0 Å². The first kappa shape index (κ1) is 19.4. The highest BCUT2D eigenvalue weighted by molar-refractivity contribution is 6.32. The molecule has 0 N–H and O–H groups in total. The minimum Gasteiger partial charge on any atom is -0.489 e. The lowest BCUT2D eigenvalue weighted by atomic mass is 10.0. The van der Waals surface area contributed by atoms with Crippen molar-refractivity contribution in [3.8, 4) is 11.5 Å². The monoisotopic (exact) mass is 395 g/mol. The first-order valence-corrected chi connectivity index (χ1v) is 9.03. The van der Waals surface area contributed by atoms with Crippen LogP contribution in [0, 0.1) is 11.6 Å². The van der Waals surface area contributed by atoms with Crippen molar-refractivity contribution < 1.29 is 23.0 Å². The number of hydrogen-bond acceptors (Lipinski definition) is 3. The van der Waals surface area contributed by atoms with Crippen LogP contribution in [-0.4, -0.2) is 31.1 Å². The van der Waals surface area contributed by atoms with Gasteiger partial charge in [-0.3, -0.25) is 4.79 Å². The Labute approximate surface area is 161 Å². The minimum absolute atomic E-state index is 0.0497. The minimum atomic E-state index is -0.621. The fourth-order valence-corrected chi connectivity index (χ4v) is 3.23. The van der Waals surface area contributed by atoms with Crippen molar-refractivity contribution >= 4 is 17.5 Å². The fraction of sp³-hybridized carbons (Fsp3) is 0.350. The van der Waals surface area contributed by atoms with Gasteiger partial charge in [-0.25, -0.2) is 8.78 Å². The predicted octanol–water partition coefficient (Wildman–Crippen LogP) is 4.54. The van der Waals surface area contributed by atoms with E-state index in [1.54, 1.807) is 26.1 Å². The summed E-state index contributed by atoms with van der Waals surface area (Å²) >= 11 is 6.26. The molecule has 0 unspecified atom stereocenters. The summed E-state index contributed by atoms with van der Waals surface area (Å²) in [5, 5.41) is 0.379. The maximum Gasteiger partial charge on any atom is 0.227 e. The molecular weight excluding hydrogens is 376 g/mol. The first-order chi connectivity index (χ1) is 12.9. The Morgan fingerprint density at radius 3 is 2.74 bits per heavy atom. The average Bonchev–Trinajstić information content (AvgIpc) is 2.88. The van der Waals surface area contributed by atoms with Crippen molar-refractivity contribution in [1.29, 1.82) is 0 Å². The van der Waals surface area contributed by atoms with E-state index in [1.165, 1.54) is 4.90 Å². The molecule has 0 saturated carbocycles. The van der Waals surface area contributed by atoms with Gasteiger partial charge in [-0.2, -0.15) is 0 Å². The number of likely N-dealkylation sites (N-methyl/N-ethyl adjacent to an activating group) is 1. The molecule has 2 aromatic rings. The van der Waals surface area contributed by atoms with Crippen molar-refractivity contribution in [1.82, 2.24) is 4.90 Å². The quantitative estimate of drug-likeness (QED) is 0.762. The van der Waals surface area contributed by atoms with Crippen LogP contribution in [0.2, 0.25) is 5.02 Å². The molecule has 0 fully saturated rings. The molecule has 0 spiro atoms. The number of carbonyl (C=O) groups is 1. The molecule has 1 atom stereocenters. The maximum atomic E-state index is 14.0. The van der Waals surface area contributed by atoms with Crippen molar-refractivity contribution in [2.24, 2.45) is 0 Å². The van der Waals surface area contributed by atoms with E-state index < -0.39 is 17.7 Å². The number of carbonyl (C=O) groups excluding carboxylic acids is 1. The lowest BCUT2D eigenvalue weighted by molar-refractivity contribution is -0.131. The molecule has 1 amide bonds. The Morgan fingerprint density at radius 1 is 1.22 bits per heavy atom. The van der Waals surface area contributed by atoms with Gasteiger partial charge in [0.1, 0.15) is 11.6 Å². The molecule has 27 heavy (non-hydrogen) atoms. The third kappa shape index (κ3) is 4.33. The van der Waals surface area contributed by atoms with Gasteiger partial charge in [0, 0.05) is 19.0 Å². The summed E-state index contributed by atoms with van der Waals surface area (Å²) < 4.78 is 38.7. The van der Waals surface area contributed by atoms with Gasteiger partial charge < -0.3 is 14.4 Å². The topological polar surface area (TPSA) is 38.8 Å². The van der Waals surface area contributed by atoms with E-state index in [4.69, 9.17) is 21.1 Å². The second-order valence-electron chi connectivity index (χ2n) is 6.48. The van der Waals surface area contributed by atoms with Crippen LogP contribution >= 0.6 is 11.6 Å². The molecule has 3 rings (SSSR count). The van der Waals surface area contributed by atoms with Gasteiger partial charge in [0.2, 0.25) is 5.91 Å². The number of amides is 1. The van der Waals surface area contributed by atoms with E-state index in [2.05, 4.69) is 0 Å². The highest BCUT2D eigenvalue weighted by Crippen LogP contribution is 2.38. The Balaban J connectivity index is 1.77. The Bertz CT molecular complexity index is 859. The molecule has 4 nitrogen and oxygen atoms in total. The Morgan fingerprint density at radius 2 is 1.96 bits per heavy atom. The van der Waals surface area contributed by atoms with Gasteiger partial charge >= 0.3 is 0 Å². The van der Waals surface area contributed by atoms with E-state index in [0.717, 1.165) is 24.6 Å². The van der Waals surface area contributed by atoms with Gasteiger partial charge in [0.15, 0.2) is 11.5 Å². The standard InChI is InChI=1S/C20H20ClF2NO3/c1-12(15-11-14(22)4-5-17(15)23)24(2)19(25)10-13-8-16(21)20-18(9-13)26-6-3-7-27-20/h4-5,8-9,11-12H,3,6-7,10H2,1-2H3/t12-/m0/s1. The smallest absolute Gasteiger partial charge is 0.227 e. The zero-order valence-corrected chi connectivity index (χ0v) is 15.9. The number of fused-ring (bicyclic) bond motifs is 1. The summed E-state index contributed by atoms with van der Waals surface area (Å²) in [6.07, 6.45) is 0.798. The molecule has 0 saturated heterocycles. The van der Waals surface area contributed by atoms with Crippen LogP contribution in [0.4, 0.5) is 8.78 Å². The highest BCUT2D eigenvalue weighted by Gasteiger charge is 2.22. The number of nitrogens with zero attached hydrogens (tertiary/aromatic N) is 1. The number of rotatable bonds is 4. The summed E-state index contributed by atoms with van der Waals surface area (Å²) in [5.41, 5.74) is 0.788. The summed E-state index contributed by atoms with van der Waals surface area (Å²) in [7, 11) is 1.56. The van der Waals surface area contributed by atoms with E-state index in [0.29, 0.717) is 35.3 Å². The molecular formula is C20H20ClF2NO3. The van der Waals surface area contributed by atoms with Crippen molar-refractivity contribution in [3.05, 3.63) is 58.1 Å². The SMILES string of the molecule is C[C@@H](c1cc(F)ccc1F)N(C)C(=O)Cc1cc(Cl)c2c(c1)OCCCO2. The maximum absolute atomic E-state index is 14.0. The van der Waals surface area contributed by atoms with Crippen LogP contribution in [0.25, 0.3) is 0 Å². The van der Waals surface area contributed by atoms with Crippen LogP contribution in [0.3, 0.4) is 0 Å². The van der Waals surface area contributed by atoms with Gasteiger partial charge in [-0.05, 0) is 42.8 Å².